The predicted molar refractivity (Wildman–Crippen MR) is 82.5 cm³/mol. The molecule has 2 nitrogen and oxygen atoms in total. The Kier molecular flexibility index (Phi) is 5.56. The summed E-state index contributed by atoms with van der Waals surface area (Å²) < 4.78 is 19.5. The van der Waals surface area contributed by atoms with Crippen molar-refractivity contribution in [3.63, 3.8) is 0 Å². The summed E-state index contributed by atoms with van der Waals surface area (Å²) in [6.07, 6.45) is 0. The molecule has 20 heavy (non-hydrogen) atoms. The molecule has 2 aromatic carbocycles. The van der Waals surface area contributed by atoms with Crippen molar-refractivity contribution >= 4 is 15.9 Å². The van der Waals surface area contributed by atoms with E-state index in [2.05, 4.69) is 21.2 Å². The molecule has 0 aromatic heterocycles. The van der Waals surface area contributed by atoms with Gasteiger partial charge in [0.05, 0.1) is 4.47 Å². The quantitative estimate of drug-likeness (QED) is 0.802. The lowest BCUT2D eigenvalue weighted by molar-refractivity contribution is 0.313. The van der Waals surface area contributed by atoms with Gasteiger partial charge in [-0.15, -0.1) is 0 Å². The molecule has 0 aliphatic heterocycles. The number of ether oxygens (including phenoxy) is 1. The Hall–Kier alpha value is -1.39. The number of rotatable bonds is 6. The number of nitrogens with one attached hydrogen (secondary N) is 1. The van der Waals surface area contributed by atoms with Crippen LogP contribution in [-0.4, -0.2) is 13.2 Å². The summed E-state index contributed by atoms with van der Waals surface area (Å²) in [6.45, 7) is 3.93. The highest BCUT2D eigenvalue weighted by molar-refractivity contribution is 9.10. The molecule has 0 aliphatic carbocycles. The summed E-state index contributed by atoms with van der Waals surface area (Å²) >= 11 is 3.25. The van der Waals surface area contributed by atoms with Crippen LogP contribution in [-0.2, 0) is 6.54 Å². The van der Waals surface area contributed by atoms with Crippen LogP contribution in [0, 0.1) is 12.7 Å². The van der Waals surface area contributed by atoms with Gasteiger partial charge in [0, 0.05) is 13.1 Å². The first-order valence-electron chi connectivity index (χ1n) is 6.50. The van der Waals surface area contributed by atoms with Crippen molar-refractivity contribution in [1.29, 1.82) is 0 Å². The molecule has 0 saturated heterocycles. The lowest BCUT2D eigenvalue weighted by Gasteiger charge is -2.09. The maximum Gasteiger partial charge on any atom is 0.137 e. The number of benzene rings is 2. The minimum atomic E-state index is -0.236. The largest absolute Gasteiger partial charge is 0.492 e. The van der Waals surface area contributed by atoms with Crippen LogP contribution >= 0.6 is 15.9 Å². The molecule has 1 N–H and O–H groups in total. The number of hydrogen-bond donors (Lipinski definition) is 1. The molecule has 0 unspecified atom stereocenters. The fourth-order valence-corrected chi connectivity index (χ4v) is 2.26. The Morgan fingerprint density at radius 1 is 1.20 bits per heavy atom. The van der Waals surface area contributed by atoms with Crippen LogP contribution in [0.25, 0.3) is 0 Å². The smallest absolute Gasteiger partial charge is 0.137 e. The summed E-state index contributed by atoms with van der Waals surface area (Å²) in [5.74, 6) is 0.638. The molecule has 2 aromatic rings. The second kappa shape index (κ2) is 7.41. The summed E-state index contributed by atoms with van der Waals surface area (Å²) in [6, 6.07) is 13.0. The van der Waals surface area contributed by atoms with E-state index in [0.29, 0.717) is 24.2 Å². The van der Waals surface area contributed by atoms with Crippen molar-refractivity contribution in [2.45, 2.75) is 13.5 Å². The fourth-order valence-electron chi connectivity index (χ4n) is 1.85. The lowest BCUT2D eigenvalue weighted by Crippen LogP contribution is -2.20. The van der Waals surface area contributed by atoms with Gasteiger partial charge in [-0.2, -0.15) is 0 Å². The van der Waals surface area contributed by atoms with Crippen LogP contribution in [0.4, 0.5) is 4.39 Å². The summed E-state index contributed by atoms with van der Waals surface area (Å²) in [5.41, 5.74) is 2.08. The molecule has 0 heterocycles. The Labute approximate surface area is 127 Å². The highest BCUT2D eigenvalue weighted by Gasteiger charge is 2.04. The third-order valence-corrected chi connectivity index (χ3v) is 3.77. The molecule has 0 atom stereocenters. The van der Waals surface area contributed by atoms with Crippen LogP contribution in [0.3, 0.4) is 0 Å². The van der Waals surface area contributed by atoms with Gasteiger partial charge in [0.1, 0.15) is 18.2 Å². The predicted octanol–water partition coefficient (Wildman–Crippen LogP) is 4.07. The van der Waals surface area contributed by atoms with Crippen LogP contribution in [0.15, 0.2) is 46.9 Å². The Morgan fingerprint density at radius 3 is 2.80 bits per heavy atom. The van der Waals surface area contributed by atoms with E-state index in [1.807, 2.05) is 37.3 Å². The monoisotopic (exact) mass is 337 g/mol. The van der Waals surface area contributed by atoms with E-state index in [0.717, 1.165) is 11.3 Å². The Morgan fingerprint density at radius 2 is 2.00 bits per heavy atom. The third-order valence-electron chi connectivity index (χ3n) is 2.88. The molecule has 0 fully saturated rings. The van der Waals surface area contributed by atoms with Crippen molar-refractivity contribution < 1.29 is 9.13 Å². The minimum absolute atomic E-state index is 0.236. The van der Waals surface area contributed by atoms with Crippen molar-refractivity contribution in [1.82, 2.24) is 5.32 Å². The van der Waals surface area contributed by atoms with E-state index < -0.39 is 0 Å². The molecular weight excluding hydrogens is 321 g/mol. The molecule has 4 heteroatoms. The fraction of sp³-hybridized carbons (Fsp3) is 0.250. The standard InChI is InChI=1S/C16H17BrFNO/c1-12-4-2-6-14(10-12)20-9-8-19-11-13-5-3-7-15(18)16(13)17/h2-7,10,19H,8-9,11H2,1H3. The average molecular weight is 338 g/mol. The van der Waals surface area contributed by atoms with E-state index in [1.54, 1.807) is 6.07 Å². The van der Waals surface area contributed by atoms with Gasteiger partial charge in [0.2, 0.25) is 0 Å². The molecule has 0 saturated carbocycles. The summed E-state index contributed by atoms with van der Waals surface area (Å²) in [5, 5.41) is 3.23. The molecule has 0 radical (unpaired) electrons. The average Bonchev–Trinajstić information content (AvgIpc) is 2.43. The molecule has 0 spiro atoms. The maximum absolute atomic E-state index is 13.3. The lowest BCUT2D eigenvalue weighted by atomic mass is 10.2. The first kappa shape index (κ1) is 15.0. The van der Waals surface area contributed by atoms with Gasteiger partial charge in [0.15, 0.2) is 0 Å². The first-order valence-corrected chi connectivity index (χ1v) is 7.29. The molecule has 2 rings (SSSR count). The van der Waals surface area contributed by atoms with E-state index in [1.165, 1.54) is 11.6 Å². The maximum atomic E-state index is 13.3. The SMILES string of the molecule is Cc1cccc(OCCNCc2cccc(F)c2Br)c1. The second-order valence-corrected chi connectivity index (χ2v) is 5.35. The normalized spacial score (nSPS) is 10.6. The summed E-state index contributed by atoms with van der Waals surface area (Å²) in [7, 11) is 0. The highest BCUT2D eigenvalue weighted by Crippen LogP contribution is 2.20. The van der Waals surface area contributed by atoms with Crippen LogP contribution in [0.5, 0.6) is 5.75 Å². The van der Waals surface area contributed by atoms with Gasteiger partial charge in [-0.05, 0) is 52.2 Å². The first-order chi connectivity index (χ1) is 9.66. The second-order valence-electron chi connectivity index (χ2n) is 4.55. The molecular formula is C16H17BrFNO. The number of hydrogen-bond acceptors (Lipinski definition) is 2. The van der Waals surface area contributed by atoms with Gasteiger partial charge in [-0.25, -0.2) is 4.39 Å². The zero-order valence-electron chi connectivity index (χ0n) is 11.3. The van der Waals surface area contributed by atoms with Gasteiger partial charge in [-0.1, -0.05) is 24.3 Å². The molecule has 0 amide bonds. The van der Waals surface area contributed by atoms with Gasteiger partial charge in [0.25, 0.3) is 0 Å². The van der Waals surface area contributed by atoms with Crippen LogP contribution < -0.4 is 10.1 Å². The zero-order valence-corrected chi connectivity index (χ0v) is 12.9. The van der Waals surface area contributed by atoms with Crippen molar-refractivity contribution in [2.24, 2.45) is 0 Å². The molecule has 0 aliphatic rings. The Bertz CT molecular complexity index is 574. The van der Waals surface area contributed by atoms with Gasteiger partial charge >= 0.3 is 0 Å². The topological polar surface area (TPSA) is 21.3 Å². The van der Waals surface area contributed by atoms with E-state index in [9.17, 15) is 4.39 Å². The van der Waals surface area contributed by atoms with Crippen molar-refractivity contribution in [3.8, 4) is 5.75 Å². The van der Waals surface area contributed by atoms with Crippen molar-refractivity contribution in [3.05, 3.63) is 63.9 Å². The van der Waals surface area contributed by atoms with Crippen LogP contribution in [0.1, 0.15) is 11.1 Å². The van der Waals surface area contributed by atoms with Crippen LogP contribution in [0.2, 0.25) is 0 Å². The van der Waals surface area contributed by atoms with Crippen molar-refractivity contribution in [2.75, 3.05) is 13.2 Å². The minimum Gasteiger partial charge on any atom is -0.492 e. The summed E-state index contributed by atoms with van der Waals surface area (Å²) in [4.78, 5) is 0. The van der Waals surface area contributed by atoms with E-state index in [-0.39, 0.29) is 5.82 Å². The molecule has 0 bridgehead atoms. The zero-order chi connectivity index (χ0) is 14.4. The van der Waals surface area contributed by atoms with Gasteiger partial charge in [-0.3, -0.25) is 0 Å². The highest BCUT2D eigenvalue weighted by atomic mass is 79.9. The van der Waals surface area contributed by atoms with E-state index in [4.69, 9.17) is 4.74 Å². The van der Waals surface area contributed by atoms with Gasteiger partial charge < -0.3 is 10.1 Å². The Balaban J connectivity index is 1.73. The third kappa shape index (κ3) is 4.32. The number of aryl methyl sites for hydroxylation is 1. The van der Waals surface area contributed by atoms with E-state index >= 15 is 0 Å². The number of halogens is 2. The molecule has 106 valence electrons.